The zero-order valence-corrected chi connectivity index (χ0v) is 15.3. The molecule has 26 heavy (non-hydrogen) atoms. The van der Waals surface area contributed by atoms with Crippen molar-refractivity contribution in [2.45, 2.75) is 33.3 Å². The van der Waals surface area contributed by atoms with Gasteiger partial charge in [0.2, 0.25) is 0 Å². The van der Waals surface area contributed by atoms with E-state index in [1.165, 1.54) is 0 Å². The van der Waals surface area contributed by atoms with Crippen molar-refractivity contribution in [3.63, 3.8) is 0 Å². The van der Waals surface area contributed by atoms with Crippen LogP contribution < -0.4 is 20.1 Å². The molecule has 2 N–H and O–H groups in total. The van der Waals surface area contributed by atoms with Gasteiger partial charge in [-0.15, -0.1) is 0 Å². The van der Waals surface area contributed by atoms with Crippen LogP contribution in [0.15, 0.2) is 36.4 Å². The van der Waals surface area contributed by atoms with Gasteiger partial charge in [-0.05, 0) is 63.1 Å². The SMILES string of the molecule is Cc1cccc(OCC(=O)Nc2ccc3c(c2)NC(=O)C(C)(C)O3)c1C. The fourth-order valence-corrected chi connectivity index (χ4v) is 2.61. The monoisotopic (exact) mass is 354 g/mol. The third-order valence-electron chi connectivity index (χ3n) is 4.34. The molecule has 0 radical (unpaired) electrons. The van der Waals surface area contributed by atoms with Crippen LogP contribution >= 0.6 is 0 Å². The average Bonchev–Trinajstić information content (AvgIpc) is 2.57. The van der Waals surface area contributed by atoms with Crippen molar-refractivity contribution < 1.29 is 19.1 Å². The molecule has 0 aliphatic carbocycles. The van der Waals surface area contributed by atoms with Crippen LogP contribution in [0.3, 0.4) is 0 Å². The van der Waals surface area contributed by atoms with Crippen LogP contribution in [0.5, 0.6) is 11.5 Å². The standard InChI is InChI=1S/C20H22N2O4/c1-12-6-5-7-16(13(12)2)25-11-18(23)21-14-8-9-17-15(10-14)22-19(24)20(3,4)26-17/h5-10H,11H2,1-4H3,(H,21,23)(H,22,24). The summed E-state index contributed by atoms with van der Waals surface area (Å²) in [6.45, 7) is 7.25. The molecule has 3 rings (SSSR count). The van der Waals surface area contributed by atoms with Crippen molar-refractivity contribution in [3.05, 3.63) is 47.5 Å². The second kappa shape index (κ2) is 6.71. The van der Waals surface area contributed by atoms with Gasteiger partial charge in [0.05, 0.1) is 5.69 Å². The first-order chi connectivity index (χ1) is 12.3. The number of hydrogen-bond acceptors (Lipinski definition) is 4. The number of hydrogen-bond donors (Lipinski definition) is 2. The lowest BCUT2D eigenvalue weighted by Crippen LogP contribution is -2.45. The third-order valence-corrected chi connectivity index (χ3v) is 4.34. The molecule has 1 aliphatic heterocycles. The van der Waals surface area contributed by atoms with Gasteiger partial charge >= 0.3 is 0 Å². The molecule has 0 unspecified atom stereocenters. The van der Waals surface area contributed by atoms with E-state index >= 15 is 0 Å². The van der Waals surface area contributed by atoms with Gasteiger partial charge < -0.3 is 20.1 Å². The Morgan fingerprint density at radius 1 is 1.23 bits per heavy atom. The van der Waals surface area contributed by atoms with E-state index in [4.69, 9.17) is 9.47 Å². The number of anilines is 2. The van der Waals surface area contributed by atoms with Crippen molar-refractivity contribution >= 4 is 23.2 Å². The van der Waals surface area contributed by atoms with E-state index in [0.29, 0.717) is 22.9 Å². The number of ether oxygens (including phenoxy) is 2. The number of aryl methyl sites for hydroxylation is 1. The maximum Gasteiger partial charge on any atom is 0.268 e. The smallest absolute Gasteiger partial charge is 0.268 e. The Balaban J connectivity index is 1.64. The lowest BCUT2D eigenvalue weighted by atomic mass is 10.1. The highest BCUT2D eigenvalue weighted by molar-refractivity contribution is 6.01. The Hall–Kier alpha value is -3.02. The summed E-state index contributed by atoms with van der Waals surface area (Å²) in [4.78, 5) is 24.2. The van der Waals surface area contributed by atoms with Gasteiger partial charge in [0.15, 0.2) is 12.2 Å². The lowest BCUT2D eigenvalue weighted by Gasteiger charge is -2.31. The van der Waals surface area contributed by atoms with Crippen LogP contribution in [0.2, 0.25) is 0 Å². The highest BCUT2D eigenvalue weighted by atomic mass is 16.5. The summed E-state index contributed by atoms with van der Waals surface area (Å²) in [7, 11) is 0. The van der Waals surface area contributed by atoms with Crippen molar-refractivity contribution in [1.82, 2.24) is 0 Å². The molecule has 1 heterocycles. The fourth-order valence-electron chi connectivity index (χ4n) is 2.61. The third kappa shape index (κ3) is 3.64. The highest BCUT2D eigenvalue weighted by Crippen LogP contribution is 2.35. The zero-order valence-electron chi connectivity index (χ0n) is 15.3. The van der Waals surface area contributed by atoms with Crippen molar-refractivity contribution in [2.75, 3.05) is 17.2 Å². The second-order valence-electron chi connectivity index (χ2n) is 6.81. The first kappa shape index (κ1) is 17.8. The molecule has 0 aromatic heterocycles. The van der Waals surface area contributed by atoms with E-state index in [0.717, 1.165) is 11.1 Å². The molecule has 1 aliphatic rings. The quantitative estimate of drug-likeness (QED) is 0.882. The molecule has 0 bridgehead atoms. The predicted octanol–water partition coefficient (Wildman–Crippen LogP) is 3.43. The molecule has 2 aromatic carbocycles. The van der Waals surface area contributed by atoms with Crippen molar-refractivity contribution in [2.24, 2.45) is 0 Å². The minimum Gasteiger partial charge on any atom is -0.483 e. The molecule has 2 aromatic rings. The summed E-state index contributed by atoms with van der Waals surface area (Å²) in [5.74, 6) is 0.744. The summed E-state index contributed by atoms with van der Waals surface area (Å²) in [6.07, 6.45) is 0. The van der Waals surface area contributed by atoms with Crippen molar-refractivity contribution in [3.8, 4) is 11.5 Å². The van der Waals surface area contributed by atoms with Crippen molar-refractivity contribution in [1.29, 1.82) is 0 Å². The van der Waals surface area contributed by atoms with Crippen LogP contribution in [0.4, 0.5) is 11.4 Å². The molecule has 0 fully saturated rings. The van der Waals surface area contributed by atoms with E-state index in [1.807, 2.05) is 32.0 Å². The van der Waals surface area contributed by atoms with Gasteiger partial charge in [0.1, 0.15) is 11.5 Å². The molecular formula is C20H22N2O4. The van der Waals surface area contributed by atoms with Crippen LogP contribution in [0.25, 0.3) is 0 Å². The van der Waals surface area contributed by atoms with Crippen LogP contribution in [0.1, 0.15) is 25.0 Å². The lowest BCUT2D eigenvalue weighted by molar-refractivity contribution is -0.129. The normalized spacial score (nSPS) is 14.7. The van der Waals surface area contributed by atoms with E-state index in [9.17, 15) is 9.59 Å². The first-order valence-corrected chi connectivity index (χ1v) is 8.39. The number of benzene rings is 2. The molecule has 6 heteroatoms. The van der Waals surface area contributed by atoms with E-state index in [2.05, 4.69) is 10.6 Å². The predicted molar refractivity (Wildman–Crippen MR) is 99.8 cm³/mol. The largest absolute Gasteiger partial charge is 0.483 e. The Bertz CT molecular complexity index is 874. The van der Waals surface area contributed by atoms with Gasteiger partial charge in [0.25, 0.3) is 11.8 Å². The molecule has 0 spiro atoms. The van der Waals surface area contributed by atoms with E-state index < -0.39 is 5.60 Å². The summed E-state index contributed by atoms with van der Waals surface area (Å²) < 4.78 is 11.3. The number of rotatable bonds is 4. The summed E-state index contributed by atoms with van der Waals surface area (Å²) in [6, 6.07) is 10.8. The minimum atomic E-state index is -0.919. The summed E-state index contributed by atoms with van der Waals surface area (Å²) >= 11 is 0. The molecule has 0 saturated carbocycles. The molecular weight excluding hydrogens is 332 g/mol. The van der Waals surface area contributed by atoms with Crippen LogP contribution in [-0.4, -0.2) is 24.0 Å². The number of nitrogens with one attached hydrogen (secondary N) is 2. The zero-order chi connectivity index (χ0) is 18.9. The Labute approximate surface area is 152 Å². The molecule has 6 nitrogen and oxygen atoms in total. The summed E-state index contributed by atoms with van der Waals surface area (Å²) in [5.41, 5.74) is 2.29. The van der Waals surface area contributed by atoms with Gasteiger partial charge in [0, 0.05) is 5.69 Å². The maximum atomic E-state index is 12.2. The number of fused-ring (bicyclic) bond motifs is 1. The van der Waals surface area contributed by atoms with E-state index in [-0.39, 0.29) is 18.4 Å². The number of carbonyl (C=O) groups is 2. The second-order valence-corrected chi connectivity index (χ2v) is 6.81. The minimum absolute atomic E-state index is 0.0999. The highest BCUT2D eigenvalue weighted by Gasteiger charge is 2.35. The van der Waals surface area contributed by atoms with Crippen LogP contribution in [0, 0.1) is 13.8 Å². The molecule has 2 amide bonds. The van der Waals surface area contributed by atoms with Gasteiger partial charge in [-0.1, -0.05) is 12.1 Å². The van der Waals surface area contributed by atoms with E-state index in [1.54, 1.807) is 32.0 Å². The maximum absolute atomic E-state index is 12.2. The Morgan fingerprint density at radius 2 is 2.00 bits per heavy atom. The average molecular weight is 354 g/mol. The first-order valence-electron chi connectivity index (χ1n) is 8.39. The molecule has 0 saturated heterocycles. The Kier molecular flexibility index (Phi) is 4.59. The van der Waals surface area contributed by atoms with Gasteiger partial charge in [-0.3, -0.25) is 9.59 Å². The van der Waals surface area contributed by atoms with Crippen LogP contribution in [-0.2, 0) is 9.59 Å². The topological polar surface area (TPSA) is 76.7 Å². The fraction of sp³-hybridized carbons (Fsp3) is 0.300. The molecule has 0 atom stereocenters. The molecule has 136 valence electrons. The number of carbonyl (C=O) groups excluding carboxylic acids is 2. The van der Waals surface area contributed by atoms with Gasteiger partial charge in [-0.25, -0.2) is 0 Å². The Morgan fingerprint density at radius 3 is 2.77 bits per heavy atom. The number of amides is 2. The summed E-state index contributed by atoms with van der Waals surface area (Å²) in [5, 5.41) is 5.55. The van der Waals surface area contributed by atoms with Gasteiger partial charge in [-0.2, -0.15) is 0 Å².